The van der Waals surface area contributed by atoms with Crippen LogP contribution in [-0.2, 0) is 12.1 Å². The lowest BCUT2D eigenvalue weighted by atomic mass is 9.79. The maximum Gasteiger partial charge on any atom is 0.274 e. The number of aliphatic imine (C=N–C) groups is 1. The molecule has 0 bridgehead atoms. The van der Waals surface area contributed by atoms with Crippen LogP contribution in [0.25, 0.3) is 0 Å². The lowest BCUT2D eigenvalue weighted by Gasteiger charge is -2.33. The molecule has 6 nitrogen and oxygen atoms in total. The number of aromatic nitrogens is 2. The Morgan fingerprint density at radius 3 is 2.72 bits per heavy atom. The average Bonchev–Trinajstić information content (AvgIpc) is 3.04. The van der Waals surface area contributed by atoms with E-state index in [1.807, 2.05) is 39.0 Å². The van der Waals surface area contributed by atoms with Crippen LogP contribution in [0.5, 0.6) is 0 Å². The van der Waals surface area contributed by atoms with E-state index in [2.05, 4.69) is 21.1 Å². The van der Waals surface area contributed by atoms with Crippen LogP contribution in [0.15, 0.2) is 53.8 Å². The number of amides is 1. The molecule has 1 aromatic carbocycles. The molecule has 0 saturated heterocycles. The van der Waals surface area contributed by atoms with Crippen molar-refractivity contribution in [2.45, 2.75) is 32.9 Å². The van der Waals surface area contributed by atoms with Crippen molar-refractivity contribution in [2.24, 2.45) is 10.7 Å². The number of carbonyl (C=O) groups excluding carboxylic acids is 1. The van der Waals surface area contributed by atoms with Gasteiger partial charge in [-0.3, -0.25) is 14.8 Å². The van der Waals surface area contributed by atoms with Crippen LogP contribution in [-0.4, -0.2) is 29.1 Å². The summed E-state index contributed by atoms with van der Waals surface area (Å²) in [4.78, 5) is 21.5. The zero-order chi connectivity index (χ0) is 20.8. The van der Waals surface area contributed by atoms with Crippen molar-refractivity contribution >= 4 is 30.7 Å². The molecule has 1 atom stereocenters. The van der Waals surface area contributed by atoms with Crippen LogP contribution < -0.4 is 16.5 Å². The molecule has 1 aliphatic heterocycles. The highest BCUT2D eigenvalue weighted by molar-refractivity contribution is 6.33. The summed E-state index contributed by atoms with van der Waals surface area (Å²) in [5, 5.41) is 2.89. The second-order valence-corrected chi connectivity index (χ2v) is 7.78. The van der Waals surface area contributed by atoms with Gasteiger partial charge in [0.25, 0.3) is 5.91 Å². The van der Waals surface area contributed by atoms with Crippen LogP contribution in [0.4, 0.5) is 5.69 Å². The number of carbonyl (C=O) groups is 1. The van der Waals surface area contributed by atoms with Gasteiger partial charge in [-0.2, -0.15) is 0 Å². The summed E-state index contributed by atoms with van der Waals surface area (Å²) < 4.78 is 2.10. The average molecular weight is 383 g/mol. The topological polar surface area (TPSA) is 85.3 Å². The highest BCUT2D eigenvalue weighted by Gasteiger charge is 2.33. The first kappa shape index (κ1) is 19.0. The molecular weight excluding hydrogens is 361 g/mol. The van der Waals surface area contributed by atoms with E-state index < -0.39 is 5.54 Å². The van der Waals surface area contributed by atoms with Gasteiger partial charge in [0.15, 0.2) is 0 Å². The lowest BCUT2D eigenvalue weighted by Crippen LogP contribution is -2.39. The number of amidine groups is 1. The number of anilines is 1. The molecule has 0 spiro atoms. The van der Waals surface area contributed by atoms with Crippen molar-refractivity contribution in [3.63, 3.8) is 0 Å². The summed E-state index contributed by atoms with van der Waals surface area (Å²) in [6, 6.07) is 11.0. The SMILES string of the molecule is [B]c1ccc(NC(=O)c2ccc(C)cn2)cc1C1(C)Cn2cc(C)cc2C(N)=N1. The van der Waals surface area contributed by atoms with Crippen molar-refractivity contribution in [3.8, 4) is 0 Å². The second-order valence-electron chi connectivity index (χ2n) is 7.78. The van der Waals surface area contributed by atoms with Gasteiger partial charge in [0.05, 0.1) is 12.2 Å². The minimum Gasteiger partial charge on any atom is -0.382 e. The van der Waals surface area contributed by atoms with Gasteiger partial charge in [-0.1, -0.05) is 17.6 Å². The smallest absolute Gasteiger partial charge is 0.274 e. The van der Waals surface area contributed by atoms with Gasteiger partial charge >= 0.3 is 0 Å². The summed E-state index contributed by atoms with van der Waals surface area (Å²) in [5.41, 5.74) is 11.0. The van der Waals surface area contributed by atoms with E-state index in [1.165, 1.54) is 0 Å². The number of benzene rings is 1. The van der Waals surface area contributed by atoms with Crippen molar-refractivity contribution in [2.75, 3.05) is 5.32 Å². The van der Waals surface area contributed by atoms with Gasteiger partial charge in [-0.15, -0.1) is 0 Å². The van der Waals surface area contributed by atoms with Crippen molar-refractivity contribution < 1.29 is 4.79 Å². The van der Waals surface area contributed by atoms with Crippen molar-refractivity contribution in [3.05, 3.63) is 76.9 Å². The van der Waals surface area contributed by atoms with E-state index in [0.29, 0.717) is 29.2 Å². The van der Waals surface area contributed by atoms with E-state index in [9.17, 15) is 4.79 Å². The number of rotatable bonds is 3. The van der Waals surface area contributed by atoms with Gasteiger partial charge in [-0.25, -0.2) is 0 Å². The Morgan fingerprint density at radius 1 is 1.21 bits per heavy atom. The zero-order valence-corrected chi connectivity index (χ0v) is 16.7. The molecule has 7 heteroatoms. The molecule has 0 saturated carbocycles. The van der Waals surface area contributed by atoms with Crippen molar-refractivity contribution in [1.82, 2.24) is 9.55 Å². The Kier molecular flexibility index (Phi) is 4.53. The fourth-order valence-corrected chi connectivity index (χ4v) is 3.74. The maximum absolute atomic E-state index is 12.5. The number of pyridine rings is 1. The molecule has 0 fully saturated rings. The second kappa shape index (κ2) is 6.92. The molecule has 3 aromatic rings. The monoisotopic (exact) mass is 383 g/mol. The number of aryl methyl sites for hydroxylation is 2. The highest BCUT2D eigenvalue weighted by Crippen LogP contribution is 2.32. The van der Waals surface area contributed by atoms with Crippen LogP contribution >= 0.6 is 0 Å². The molecule has 2 aromatic heterocycles. The predicted octanol–water partition coefficient (Wildman–Crippen LogP) is 2.18. The normalized spacial score (nSPS) is 18.1. The number of hydrogen-bond donors (Lipinski definition) is 2. The van der Waals surface area contributed by atoms with Gasteiger partial charge < -0.3 is 15.6 Å². The van der Waals surface area contributed by atoms with Crippen LogP contribution in [0.2, 0.25) is 0 Å². The Balaban J connectivity index is 1.66. The maximum atomic E-state index is 12.5. The molecule has 144 valence electrons. The third-order valence-electron chi connectivity index (χ3n) is 5.18. The molecule has 0 aliphatic carbocycles. The summed E-state index contributed by atoms with van der Waals surface area (Å²) in [7, 11) is 6.29. The molecular formula is C22H22BN5O. The molecule has 3 heterocycles. The minimum absolute atomic E-state index is 0.277. The standard InChI is InChI=1S/C22H22BN5O/c1-13-4-7-18(25-10-13)21(29)26-15-5-6-17(23)16(9-15)22(3)12-28-11-14(2)8-19(28)20(24)27-22/h4-11H,12H2,1-3H3,(H2,24,27)(H,26,29). The van der Waals surface area contributed by atoms with E-state index in [1.54, 1.807) is 24.4 Å². The Hall–Kier alpha value is -3.35. The third kappa shape index (κ3) is 3.56. The Bertz CT molecular complexity index is 1130. The fraction of sp³-hybridized carbons (Fsp3) is 0.227. The van der Waals surface area contributed by atoms with Gasteiger partial charge in [-0.05, 0) is 61.7 Å². The first-order valence-electron chi connectivity index (χ1n) is 9.42. The van der Waals surface area contributed by atoms with Crippen LogP contribution in [0.1, 0.15) is 39.8 Å². The largest absolute Gasteiger partial charge is 0.382 e. The summed E-state index contributed by atoms with van der Waals surface area (Å²) in [6.45, 7) is 6.56. The quantitative estimate of drug-likeness (QED) is 0.680. The number of nitrogens with zero attached hydrogens (tertiary/aromatic N) is 3. The number of hydrogen-bond acceptors (Lipinski definition) is 4. The number of fused-ring (bicyclic) bond motifs is 1. The molecule has 1 amide bonds. The minimum atomic E-state index is -0.643. The molecule has 29 heavy (non-hydrogen) atoms. The summed E-state index contributed by atoms with van der Waals surface area (Å²) >= 11 is 0. The van der Waals surface area contributed by atoms with Gasteiger partial charge in [0.2, 0.25) is 0 Å². The number of nitrogens with one attached hydrogen (secondary N) is 1. The molecule has 2 radical (unpaired) electrons. The fourth-order valence-electron chi connectivity index (χ4n) is 3.74. The molecule has 1 unspecified atom stereocenters. The van der Waals surface area contributed by atoms with Gasteiger partial charge in [0.1, 0.15) is 24.9 Å². The summed E-state index contributed by atoms with van der Waals surface area (Å²) in [5.74, 6) is 0.199. The van der Waals surface area contributed by atoms with E-state index >= 15 is 0 Å². The van der Waals surface area contributed by atoms with Gasteiger partial charge in [0, 0.05) is 18.1 Å². The predicted molar refractivity (Wildman–Crippen MR) is 116 cm³/mol. The van der Waals surface area contributed by atoms with Crippen LogP contribution in [0, 0.1) is 13.8 Å². The summed E-state index contributed by atoms with van der Waals surface area (Å²) in [6.07, 6.45) is 3.72. The first-order valence-corrected chi connectivity index (χ1v) is 9.42. The molecule has 4 rings (SSSR count). The Morgan fingerprint density at radius 2 is 2.00 bits per heavy atom. The molecule has 3 N–H and O–H groups in total. The highest BCUT2D eigenvalue weighted by atomic mass is 16.1. The van der Waals surface area contributed by atoms with E-state index in [0.717, 1.165) is 22.4 Å². The van der Waals surface area contributed by atoms with E-state index in [4.69, 9.17) is 18.6 Å². The zero-order valence-electron chi connectivity index (χ0n) is 16.7. The molecule has 1 aliphatic rings. The third-order valence-corrected chi connectivity index (χ3v) is 5.18. The van der Waals surface area contributed by atoms with E-state index in [-0.39, 0.29) is 5.91 Å². The Labute approximate surface area is 171 Å². The first-order chi connectivity index (χ1) is 13.7. The lowest BCUT2D eigenvalue weighted by molar-refractivity contribution is 0.102. The van der Waals surface area contributed by atoms with Crippen molar-refractivity contribution in [1.29, 1.82) is 0 Å². The number of nitrogens with two attached hydrogens (primary N) is 1. The van der Waals surface area contributed by atoms with Crippen LogP contribution in [0.3, 0.4) is 0 Å².